The van der Waals surface area contributed by atoms with Crippen LogP contribution in [0.4, 0.5) is 0 Å². The quantitative estimate of drug-likeness (QED) is 0.673. The summed E-state index contributed by atoms with van der Waals surface area (Å²) < 4.78 is 12.7. The smallest absolute Gasteiger partial charge is 0.273 e. The van der Waals surface area contributed by atoms with Gasteiger partial charge in [0.25, 0.3) is 5.91 Å². The maximum Gasteiger partial charge on any atom is 0.273 e. The Balaban J connectivity index is 1.44. The van der Waals surface area contributed by atoms with Crippen molar-refractivity contribution >= 4 is 5.91 Å². The molecule has 8 heteroatoms. The highest BCUT2D eigenvalue weighted by molar-refractivity contribution is 5.93. The van der Waals surface area contributed by atoms with E-state index >= 15 is 0 Å². The second kappa shape index (κ2) is 7.26. The van der Waals surface area contributed by atoms with Gasteiger partial charge in [-0.15, -0.1) is 0 Å². The minimum atomic E-state index is -0.232. The predicted octanol–water partition coefficient (Wildman–Crippen LogP) is 2.99. The molecule has 0 aliphatic heterocycles. The highest BCUT2D eigenvalue weighted by Gasteiger charge is 2.28. The lowest BCUT2D eigenvalue weighted by Gasteiger charge is -2.10. The molecule has 0 radical (unpaired) electrons. The molecule has 0 atom stereocenters. The number of nitrogens with zero attached hydrogens (tertiary/aromatic N) is 4. The zero-order valence-electron chi connectivity index (χ0n) is 16.7. The second-order valence-electron chi connectivity index (χ2n) is 7.49. The molecule has 28 heavy (non-hydrogen) atoms. The van der Waals surface area contributed by atoms with Crippen molar-refractivity contribution in [2.45, 2.75) is 59.4 Å². The molecule has 3 aromatic heterocycles. The van der Waals surface area contributed by atoms with Crippen molar-refractivity contribution in [1.82, 2.24) is 25.2 Å². The molecule has 1 amide bonds. The third kappa shape index (κ3) is 3.46. The van der Waals surface area contributed by atoms with Crippen molar-refractivity contribution in [3.63, 3.8) is 0 Å². The number of hydrogen-bond acceptors (Lipinski definition) is 6. The van der Waals surface area contributed by atoms with Gasteiger partial charge in [0, 0.05) is 48.4 Å². The molecule has 1 N–H and O–H groups in total. The van der Waals surface area contributed by atoms with Crippen LogP contribution in [0.25, 0.3) is 0 Å². The van der Waals surface area contributed by atoms with E-state index in [-0.39, 0.29) is 5.91 Å². The zero-order chi connectivity index (χ0) is 19.8. The van der Waals surface area contributed by atoms with E-state index in [2.05, 4.69) is 25.2 Å². The molecule has 0 aromatic carbocycles. The van der Waals surface area contributed by atoms with Gasteiger partial charge in [-0.25, -0.2) is 4.98 Å². The minimum absolute atomic E-state index is 0.232. The minimum Gasteiger partial charge on any atom is -0.361 e. The van der Waals surface area contributed by atoms with Crippen LogP contribution in [0.3, 0.4) is 0 Å². The van der Waals surface area contributed by atoms with Gasteiger partial charge in [-0.1, -0.05) is 10.3 Å². The molecular formula is C20H25N5O3. The van der Waals surface area contributed by atoms with E-state index in [9.17, 15) is 4.79 Å². The van der Waals surface area contributed by atoms with Gasteiger partial charge in [0.15, 0.2) is 5.69 Å². The first kappa shape index (κ1) is 18.5. The largest absolute Gasteiger partial charge is 0.361 e. The molecule has 3 aromatic rings. The first-order chi connectivity index (χ1) is 13.5. The van der Waals surface area contributed by atoms with E-state index in [0.717, 1.165) is 34.1 Å². The zero-order valence-corrected chi connectivity index (χ0v) is 16.7. The van der Waals surface area contributed by atoms with E-state index in [1.54, 1.807) is 0 Å². The molecule has 0 unspecified atom stereocenters. The molecule has 0 bridgehead atoms. The number of aromatic nitrogens is 4. The fraction of sp³-hybridized carbons (Fsp3) is 0.500. The van der Waals surface area contributed by atoms with Crippen LogP contribution in [0, 0.1) is 27.7 Å². The summed E-state index contributed by atoms with van der Waals surface area (Å²) >= 11 is 0. The summed E-state index contributed by atoms with van der Waals surface area (Å²) in [6.07, 6.45) is 4.81. The average molecular weight is 383 g/mol. The second-order valence-corrected chi connectivity index (χ2v) is 7.49. The van der Waals surface area contributed by atoms with Gasteiger partial charge in [-0.2, -0.15) is 0 Å². The van der Waals surface area contributed by atoms with Crippen LogP contribution < -0.4 is 5.32 Å². The Morgan fingerprint density at radius 1 is 1.14 bits per heavy atom. The van der Waals surface area contributed by atoms with Gasteiger partial charge >= 0.3 is 0 Å². The molecule has 1 saturated carbocycles. The van der Waals surface area contributed by atoms with Gasteiger partial charge in [-0.3, -0.25) is 4.79 Å². The first-order valence-corrected chi connectivity index (χ1v) is 9.62. The van der Waals surface area contributed by atoms with Gasteiger partial charge in [-0.05, 0) is 40.5 Å². The average Bonchev–Trinajstić information content (AvgIpc) is 3.26. The molecule has 1 fully saturated rings. The standard InChI is InChI=1S/C20H25N5O3/c1-11-10-22-19(15-5-6-15)25(11)8-7-21-20(26)18-17(14(4)28-24-18)9-16-12(2)23-27-13(16)3/h10,15H,5-9H2,1-4H3,(H,21,26). The van der Waals surface area contributed by atoms with Crippen LogP contribution in [-0.4, -0.2) is 32.3 Å². The third-order valence-electron chi connectivity index (χ3n) is 5.38. The summed E-state index contributed by atoms with van der Waals surface area (Å²) in [7, 11) is 0. The van der Waals surface area contributed by atoms with E-state index in [0.29, 0.717) is 36.9 Å². The SMILES string of the molecule is Cc1noc(C)c1Cc1c(C(=O)NCCn2c(C)cnc2C2CC2)noc1C. The third-order valence-corrected chi connectivity index (χ3v) is 5.38. The lowest BCUT2D eigenvalue weighted by Crippen LogP contribution is -2.29. The normalized spacial score (nSPS) is 13.9. The Hall–Kier alpha value is -2.90. The summed E-state index contributed by atoms with van der Waals surface area (Å²) in [4.78, 5) is 17.2. The topological polar surface area (TPSA) is 99.0 Å². The van der Waals surface area contributed by atoms with E-state index in [1.165, 1.54) is 12.8 Å². The first-order valence-electron chi connectivity index (χ1n) is 9.62. The lowest BCUT2D eigenvalue weighted by molar-refractivity contribution is 0.0942. The molecule has 3 heterocycles. The summed E-state index contributed by atoms with van der Waals surface area (Å²) in [5.74, 6) is 2.84. The Morgan fingerprint density at radius 2 is 1.86 bits per heavy atom. The monoisotopic (exact) mass is 383 g/mol. The van der Waals surface area contributed by atoms with Crippen LogP contribution in [0.15, 0.2) is 15.2 Å². The van der Waals surface area contributed by atoms with Crippen molar-refractivity contribution < 1.29 is 13.8 Å². The number of rotatable bonds is 7. The maximum absolute atomic E-state index is 12.7. The molecule has 8 nitrogen and oxygen atoms in total. The molecule has 1 aliphatic carbocycles. The van der Waals surface area contributed by atoms with Crippen LogP contribution >= 0.6 is 0 Å². The van der Waals surface area contributed by atoms with Crippen molar-refractivity contribution in [3.8, 4) is 0 Å². The van der Waals surface area contributed by atoms with E-state index in [4.69, 9.17) is 9.05 Å². The molecule has 1 aliphatic rings. The van der Waals surface area contributed by atoms with Gasteiger partial charge in [0.2, 0.25) is 0 Å². The fourth-order valence-corrected chi connectivity index (χ4v) is 3.51. The van der Waals surface area contributed by atoms with Gasteiger partial charge in [0.1, 0.15) is 17.3 Å². The van der Waals surface area contributed by atoms with Gasteiger partial charge in [0.05, 0.1) is 5.69 Å². The van der Waals surface area contributed by atoms with Crippen molar-refractivity contribution in [3.05, 3.63) is 51.8 Å². The van der Waals surface area contributed by atoms with E-state index in [1.807, 2.05) is 33.9 Å². The number of nitrogens with one attached hydrogen (secondary N) is 1. The van der Waals surface area contributed by atoms with E-state index < -0.39 is 0 Å². The Kier molecular flexibility index (Phi) is 4.78. The molecule has 0 spiro atoms. The molecule has 0 saturated heterocycles. The number of carbonyl (C=O) groups is 1. The molecule has 148 valence electrons. The Morgan fingerprint density at radius 3 is 2.54 bits per heavy atom. The summed E-state index contributed by atoms with van der Waals surface area (Å²) in [6, 6.07) is 0. The van der Waals surface area contributed by atoms with Crippen LogP contribution in [0.5, 0.6) is 0 Å². The van der Waals surface area contributed by atoms with Crippen molar-refractivity contribution in [1.29, 1.82) is 0 Å². The summed E-state index contributed by atoms with van der Waals surface area (Å²) in [5.41, 5.74) is 3.98. The molecular weight excluding hydrogens is 358 g/mol. The van der Waals surface area contributed by atoms with Crippen molar-refractivity contribution in [2.24, 2.45) is 0 Å². The summed E-state index contributed by atoms with van der Waals surface area (Å²) in [5, 5.41) is 10.9. The molecule has 4 rings (SSSR count). The number of hydrogen-bond donors (Lipinski definition) is 1. The van der Waals surface area contributed by atoms with Crippen LogP contribution in [0.1, 0.15) is 69.1 Å². The highest BCUT2D eigenvalue weighted by atomic mass is 16.5. The number of amides is 1. The predicted molar refractivity (Wildman–Crippen MR) is 101 cm³/mol. The fourth-order valence-electron chi connectivity index (χ4n) is 3.51. The lowest BCUT2D eigenvalue weighted by atomic mass is 10.0. The van der Waals surface area contributed by atoms with Crippen LogP contribution in [0.2, 0.25) is 0 Å². The van der Waals surface area contributed by atoms with Gasteiger partial charge < -0.3 is 18.9 Å². The number of aryl methyl sites for hydroxylation is 4. The highest BCUT2D eigenvalue weighted by Crippen LogP contribution is 2.39. The Labute approximate surface area is 163 Å². The van der Waals surface area contributed by atoms with Crippen molar-refractivity contribution in [2.75, 3.05) is 6.54 Å². The van der Waals surface area contributed by atoms with Crippen LogP contribution in [-0.2, 0) is 13.0 Å². The Bertz CT molecular complexity index is 990. The maximum atomic E-state index is 12.7. The number of imidazole rings is 1. The summed E-state index contributed by atoms with van der Waals surface area (Å²) in [6.45, 7) is 8.81. The number of carbonyl (C=O) groups excluding carboxylic acids is 1.